The predicted octanol–water partition coefficient (Wildman–Crippen LogP) is 2.72. The number of carbonyl (C=O) groups excluding carboxylic acids is 3. The van der Waals surface area contributed by atoms with Crippen LogP contribution in [0.15, 0.2) is 60.2 Å². The fourth-order valence-electron chi connectivity index (χ4n) is 4.32. The van der Waals surface area contributed by atoms with Crippen molar-refractivity contribution in [3.63, 3.8) is 0 Å². The number of nitrogens with one attached hydrogen (secondary N) is 2. The molecule has 0 saturated carbocycles. The molecule has 0 bridgehead atoms. The molecule has 0 aliphatic carbocycles. The number of hydrogen-bond donors (Lipinski definition) is 4. The van der Waals surface area contributed by atoms with Gasteiger partial charge in [0.25, 0.3) is 17.7 Å². The molecular weight excluding hydrogens is 496 g/mol. The number of halogens is 2. The number of allylic oxidation sites excluding steroid dienone is 1. The van der Waals surface area contributed by atoms with Crippen LogP contribution in [0.2, 0.25) is 0 Å². The minimum atomic E-state index is -3.31. The number of alkyl halides is 2. The van der Waals surface area contributed by atoms with E-state index in [0.717, 1.165) is 5.57 Å². The lowest BCUT2D eigenvalue weighted by Crippen LogP contribution is -2.56. The lowest BCUT2D eigenvalue weighted by Gasteiger charge is -2.30. The molecule has 8 nitrogen and oxygen atoms in total. The number of nitrogens with zero attached hydrogens (tertiary/aromatic N) is 1. The van der Waals surface area contributed by atoms with Crippen molar-refractivity contribution in [2.75, 3.05) is 13.1 Å². The SMILES string of the molecule is CC(C)=CCNC(=O)C1CC(F)(F)CN1C(=O)C(O)C(Cc1ccccc1)NC(=O)c1cccc(O)c1C. The van der Waals surface area contributed by atoms with E-state index < -0.39 is 54.8 Å². The van der Waals surface area contributed by atoms with Crippen molar-refractivity contribution >= 4 is 17.7 Å². The zero-order valence-corrected chi connectivity index (χ0v) is 21.6. The Morgan fingerprint density at radius 3 is 2.47 bits per heavy atom. The van der Waals surface area contributed by atoms with Crippen LogP contribution in [0.3, 0.4) is 0 Å². The van der Waals surface area contributed by atoms with Gasteiger partial charge in [-0.15, -0.1) is 0 Å². The molecular formula is C28H33F2N3O5. The smallest absolute Gasteiger partial charge is 0.267 e. The third-order valence-corrected chi connectivity index (χ3v) is 6.44. The number of phenols is 1. The Morgan fingerprint density at radius 1 is 1.13 bits per heavy atom. The second-order valence-electron chi connectivity index (χ2n) is 9.73. The number of benzene rings is 2. The molecule has 2 aromatic rings. The van der Waals surface area contributed by atoms with Gasteiger partial charge >= 0.3 is 0 Å². The highest BCUT2D eigenvalue weighted by Crippen LogP contribution is 2.33. The van der Waals surface area contributed by atoms with Crippen molar-refractivity contribution in [2.45, 2.75) is 57.7 Å². The molecule has 1 heterocycles. The maximum absolute atomic E-state index is 14.4. The lowest BCUT2D eigenvalue weighted by molar-refractivity contribution is -0.147. The van der Waals surface area contributed by atoms with Crippen LogP contribution < -0.4 is 10.6 Å². The van der Waals surface area contributed by atoms with Crippen molar-refractivity contribution in [2.24, 2.45) is 0 Å². The van der Waals surface area contributed by atoms with Crippen LogP contribution in [0.25, 0.3) is 0 Å². The molecule has 1 aliphatic rings. The summed E-state index contributed by atoms with van der Waals surface area (Å²) in [5.41, 5.74) is 2.04. The Bertz CT molecular complexity index is 1200. The summed E-state index contributed by atoms with van der Waals surface area (Å²) in [4.78, 5) is 39.8. The molecule has 1 aliphatic heterocycles. The molecule has 1 saturated heterocycles. The van der Waals surface area contributed by atoms with Gasteiger partial charge in [0.05, 0.1) is 12.6 Å². The first-order valence-electron chi connectivity index (χ1n) is 12.3. The van der Waals surface area contributed by atoms with Gasteiger partial charge in [-0.1, -0.05) is 48.0 Å². The molecule has 4 N–H and O–H groups in total. The second kappa shape index (κ2) is 12.2. The fourth-order valence-corrected chi connectivity index (χ4v) is 4.32. The molecule has 3 unspecified atom stereocenters. The van der Waals surface area contributed by atoms with Gasteiger partial charge in [0.1, 0.15) is 11.8 Å². The van der Waals surface area contributed by atoms with Gasteiger partial charge in [0.15, 0.2) is 6.10 Å². The predicted molar refractivity (Wildman–Crippen MR) is 138 cm³/mol. The number of phenolic OH excluding ortho intramolecular Hbond substituents is 1. The molecule has 3 rings (SSSR count). The average molecular weight is 530 g/mol. The average Bonchev–Trinajstić information content (AvgIpc) is 3.20. The molecule has 3 amide bonds. The fraction of sp³-hybridized carbons (Fsp3) is 0.393. The van der Waals surface area contributed by atoms with Crippen LogP contribution in [0.5, 0.6) is 5.75 Å². The number of amides is 3. The number of likely N-dealkylation sites (tertiary alicyclic amines) is 1. The van der Waals surface area contributed by atoms with Gasteiger partial charge in [0, 0.05) is 24.1 Å². The molecule has 0 spiro atoms. The first kappa shape index (κ1) is 28.8. The molecule has 1 fully saturated rings. The van der Waals surface area contributed by atoms with E-state index in [4.69, 9.17) is 0 Å². The van der Waals surface area contributed by atoms with Crippen LogP contribution in [0.1, 0.15) is 41.8 Å². The monoisotopic (exact) mass is 529 g/mol. The molecule has 0 radical (unpaired) electrons. The molecule has 3 atom stereocenters. The van der Waals surface area contributed by atoms with E-state index >= 15 is 0 Å². The Balaban J connectivity index is 1.86. The van der Waals surface area contributed by atoms with Gasteiger partial charge < -0.3 is 25.7 Å². The summed E-state index contributed by atoms with van der Waals surface area (Å²) in [6, 6.07) is 10.4. The van der Waals surface area contributed by atoms with Gasteiger partial charge in [-0.2, -0.15) is 0 Å². The molecule has 0 aromatic heterocycles. The maximum Gasteiger partial charge on any atom is 0.267 e. The normalized spacial score (nSPS) is 17.8. The summed E-state index contributed by atoms with van der Waals surface area (Å²) in [6.45, 7) is 4.27. The Labute approximate surface area is 220 Å². The number of hydrogen-bond acceptors (Lipinski definition) is 5. The van der Waals surface area contributed by atoms with E-state index in [1.807, 2.05) is 13.8 Å². The first-order valence-corrected chi connectivity index (χ1v) is 12.3. The van der Waals surface area contributed by atoms with Crippen molar-refractivity contribution in [1.29, 1.82) is 0 Å². The zero-order chi connectivity index (χ0) is 28.0. The van der Waals surface area contributed by atoms with Gasteiger partial charge in [-0.25, -0.2) is 8.78 Å². The molecule has 204 valence electrons. The summed E-state index contributed by atoms with van der Waals surface area (Å²) in [5.74, 6) is -5.91. The van der Waals surface area contributed by atoms with Crippen LogP contribution in [-0.2, 0) is 16.0 Å². The third-order valence-electron chi connectivity index (χ3n) is 6.44. The highest BCUT2D eigenvalue weighted by atomic mass is 19.3. The number of aliphatic hydroxyl groups is 1. The Hall–Kier alpha value is -3.79. The second-order valence-corrected chi connectivity index (χ2v) is 9.73. The van der Waals surface area contributed by atoms with Crippen molar-refractivity contribution in [1.82, 2.24) is 15.5 Å². The van der Waals surface area contributed by atoms with Crippen LogP contribution >= 0.6 is 0 Å². The molecule has 10 heteroatoms. The number of aliphatic hydroxyl groups excluding tert-OH is 1. The zero-order valence-electron chi connectivity index (χ0n) is 21.6. The number of aromatic hydroxyl groups is 1. The van der Waals surface area contributed by atoms with Crippen molar-refractivity contribution < 1.29 is 33.4 Å². The van der Waals surface area contributed by atoms with Crippen LogP contribution in [0.4, 0.5) is 8.78 Å². The van der Waals surface area contributed by atoms with Crippen molar-refractivity contribution in [3.8, 4) is 5.75 Å². The maximum atomic E-state index is 14.4. The third kappa shape index (κ3) is 7.16. The molecule has 38 heavy (non-hydrogen) atoms. The summed E-state index contributed by atoms with van der Waals surface area (Å²) in [7, 11) is 0. The number of carbonyl (C=O) groups is 3. The standard InChI is InChI=1S/C28H33F2N3O5/c1-17(2)12-13-31-26(37)22-15-28(29,30)16-33(22)27(38)24(35)21(14-19-8-5-4-6-9-19)32-25(36)20-10-7-11-23(34)18(20)3/h4-12,21-22,24,34-35H,13-16H2,1-3H3,(H,31,37)(H,32,36). The van der Waals surface area contributed by atoms with Crippen molar-refractivity contribution in [3.05, 3.63) is 76.9 Å². The highest BCUT2D eigenvalue weighted by Gasteiger charge is 2.51. The lowest BCUT2D eigenvalue weighted by atomic mass is 9.98. The van der Waals surface area contributed by atoms with E-state index in [0.29, 0.717) is 16.0 Å². The quantitative estimate of drug-likeness (QED) is 0.373. The van der Waals surface area contributed by atoms with Gasteiger partial charge in [0.2, 0.25) is 5.91 Å². The minimum absolute atomic E-state index is 0.0129. The van der Waals surface area contributed by atoms with Gasteiger partial charge in [-0.05, 0) is 44.9 Å². The van der Waals surface area contributed by atoms with E-state index in [1.165, 1.54) is 18.2 Å². The minimum Gasteiger partial charge on any atom is -0.508 e. The number of rotatable bonds is 9. The van der Waals surface area contributed by atoms with Gasteiger partial charge in [-0.3, -0.25) is 14.4 Å². The first-order chi connectivity index (χ1) is 17.9. The van der Waals surface area contributed by atoms with Crippen LogP contribution in [-0.4, -0.2) is 70.0 Å². The van der Waals surface area contributed by atoms with E-state index in [2.05, 4.69) is 10.6 Å². The summed E-state index contributed by atoms with van der Waals surface area (Å²) < 4.78 is 28.8. The summed E-state index contributed by atoms with van der Waals surface area (Å²) in [5, 5.41) is 26.2. The Kier molecular flexibility index (Phi) is 9.22. The van der Waals surface area contributed by atoms with E-state index in [1.54, 1.807) is 43.3 Å². The van der Waals surface area contributed by atoms with Crippen LogP contribution in [0, 0.1) is 6.92 Å². The molecule has 2 aromatic carbocycles. The van der Waals surface area contributed by atoms with E-state index in [9.17, 15) is 33.4 Å². The largest absolute Gasteiger partial charge is 0.508 e. The topological polar surface area (TPSA) is 119 Å². The Morgan fingerprint density at radius 2 is 1.82 bits per heavy atom. The summed E-state index contributed by atoms with van der Waals surface area (Å²) >= 11 is 0. The highest BCUT2D eigenvalue weighted by molar-refractivity contribution is 5.97. The van der Waals surface area contributed by atoms with E-state index in [-0.39, 0.29) is 24.3 Å². The summed E-state index contributed by atoms with van der Waals surface area (Å²) in [6.07, 6.45) is -1.07.